The Morgan fingerprint density at radius 3 is 2.55 bits per heavy atom. The Bertz CT molecular complexity index is 757. The molecule has 1 heterocycles. The van der Waals surface area contributed by atoms with E-state index in [4.69, 9.17) is 4.74 Å². The third-order valence-electron chi connectivity index (χ3n) is 5.14. The Morgan fingerprint density at radius 2 is 1.97 bits per heavy atom. The van der Waals surface area contributed by atoms with Crippen LogP contribution in [-0.2, 0) is 10.3 Å². The topological polar surface area (TPSA) is 50.8 Å². The van der Waals surface area contributed by atoms with Gasteiger partial charge in [0, 0.05) is 24.7 Å². The molecule has 29 heavy (non-hydrogen) atoms. The highest BCUT2D eigenvalue weighted by molar-refractivity contribution is 5.69. The molecule has 1 atom stereocenters. The van der Waals surface area contributed by atoms with E-state index >= 15 is 0 Å². The van der Waals surface area contributed by atoms with Gasteiger partial charge >= 0.3 is 12.5 Å². The number of carbonyl (C=O) groups is 1. The zero-order valence-corrected chi connectivity index (χ0v) is 16.7. The summed E-state index contributed by atoms with van der Waals surface area (Å²) in [6.45, 7) is 6.51. The number of hydrogen-bond donors (Lipinski definition) is 1. The summed E-state index contributed by atoms with van der Waals surface area (Å²) in [5.74, 6) is -1.90. The molecule has 1 N–H and O–H groups in total. The molecular weight excluding hydrogens is 392 g/mol. The summed E-state index contributed by atoms with van der Waals surface area (Å²) < 4.78 is 60.5. The van der Waals surface area contributed by atoms with E-state index in [0.717, 1.165) is 25.0 Å². The van der Waals surface area contributed by atoms with Gasteiger partial charge in [-0.1, -0.05) is 6.07 Å². The van der Waals surface area contributed by atoms with Gasteiger partial charge in [0.15, 0.2) is 11.6 Å². The first kappa shape index (κ1) is 21.7. The van der Waals surface area contributed by atoms with Crippen LogP contribution in [0.2, 0.25) is 0 Å². The van der Waals surface area contributed by atoms with Crippen LogP contribution < -0.4 is 10.1 Å². The summed E-state index contributed by atoms with van der Waals surface area (Å²) in [5, 5.41) is 3.38. The molecule has 1 unspecified atom stereocenters. The molecule has 1 aliphatic carbocycles. The zero-order valence-electron chi connectivity index (χ0n) is 16.7. The first-order valence-corrected chi connectivity index (χ1v) is 9.69. The minimum absolute atomic E-state index is 0.0614. The average Bonchev–Trinajstić information content (AvgIpc) is 3.21. The summed E-state index contributed by atoms with van der Waals surface area (Å²) in [6.07, 6.45) is -2.23. The summed E-state index contributed by atoms with van der Waals surface area (Å²) in [6, 6.07) is 3.50. The maximum atomic E-state index is 13.7. The van der Waals surface area contributed by atoms with Crippen LogP contribution in [0.4, 0.5) is 22.4 Å². The first-order valence-electron chi connectivity index (χ1n) is 9.69. The van der Waals surface area contributed by atoms with Crippen LogP contribution in [0.1, 0.15) is 52.0 Å². The predicted molar refractivity (Wildman–Crippen MR) is 98.0 cm³/mol. The number of benzene rings is 1. The minimum Gasteiger partial charge on any atom is -0.444 e. The van der Waals surface area contributed by atoms with Crippen LogP contribution in [0.5, 0.6) is 5.75 Å². The number of carbonyl (C=O) groups excluding carboxylic acids is 1. The zero-order chi connectivity index (χ0) is 21.4. The number of nitrogens with one attached hydrogen (secondary N) is 1. The molecule has 1 aromatic carbocycles. The molecule has 1 amide bonds. The highest BCUT2D eigenvalue weighted by atomic mass is 19.4. The molecule has 1 aliphatic heterocycles. The van der Waals surface area contributed by atoms with Gasteiger partial charge < -0.3 is 19.7 Å². The lowest BCUT2D eigenvalue weighted by Gasteiger charge is -2.30. The Labute approximate surface area is 167 Å². The van der Waals surface area contributed by atoms with Crippen LogP contribution >= 0.6 is 0 Å². The standard InChI is InChI=1S/C20H26F4N2O3/c1-18(2,3)29-17(27)26-10-4-5-14(26)12-25-19(8-9-19)13-6-7-15(21)16(11-13)28-20(22,23)24/h6-7,11,14,25H,4-5,8-10,12H2,1-3H3. The quantitative estimate of drug-likeness (QED) is 0.704. The summed E-state index contributed by atoms with van der Waals surface area (Å²) in [7, 11) is 0. The molecule has 1 aromatic rings. The van der Waals surface area contributed by atoms with Gasteiger partial charge in [-0.15, -0.1) is 13.2 Å². The van der Waals surface area contributed by atoms with Crippen molar-refractivity contribution in [2.75, 3.05) is 13.1 Å². The van der Waals surface area contributed by atoms with Gasteiger partial charge in [-0.25, -0.2) is 9.18 Å². The molecule has 5 nitrogen and oxygen atoms in total. The third-order valence-corrected chi connectivity index (χ3v) is 5.14. The van der Waals surface area contributed by atoms with Gasteiger partial charge in [0.2, 0.25) is 0 Å². The smallest absolute Gasteiger partial charge is 0.444 e. The highest BCUT2D eigenvalue weighted by Crippen LogP contribution is 2.47. The second kappa shape index (κ2) is 7.66. The van der Waals surface area contributed by atoms with E-state index in [-0.39, 0.29) is 12.1 Å². The van der Waals surface area contributed by atoms with E-state index in [1.807, 2.05) is 20.8 Å². The molecule has 1 saturated heterocycles. The fraction of sp³-hybridized carbons (Fsp3) is 0.650. The number of likely N-dealkylation sites (tertiary alicyclic amines) is 1. The van der Waals surface area contributed by atoms with Crippen molar-refractivity contribution in [3.8, 4) is 5.75 Å². The maximum absolute atomic E-state index is 13.7. The van der Waals surface area contributed by atoms with Crippen molar-refractivity contribution in [1.29, 1.82) is 0 Å². The molecule has 0 bridgehead atoms. The normalized spacial score (nSPS) is 21.2. The molecule has 9 heteroatoms. The number of hydrogen-bond acceptors (Lipinski definition) is 4. The van der Waals surface area contributed by atoms with Crippen LogP contribution in [-0.4, -0.2) is 42.1 Å². The number of amides is 1. The summed E-state index contributed by atoms with van der Waals surface area (Å²) in [5.41, 5.74) is -0.571. The lowest BCUT2D eigenvalue weighted by atomic mass is 10.0. The van der Waals surface area contributed by atoms with Crippen LogP contribution in [0.15, 0.2) is 18.2 Å². The third kappa shape index (κ3) is 5.52. The summed E-state index contributed by atoms with van der Waals surface area (Å²) in [4.78, 5) is 14.1. The van der Waals surface area contributed by atoms with Crippen molar-refractivity contribution in [3.63, 3.8) is 0 Å². The van der Waals surface area contributed by atoms with Gasteiger partial charge in [0.1, 0.15) is 5.60 Å². The monoisotopic (exact) mass is 418 g/mol. The van der Waals surface area contributed by atoms with E-state index < -0.39 is 29.1 Å². The lowest BCUT2D eigenvalue weighted by molar-refractivity contribution is -0.275. The second-order valence-electron chi connectivity index (χ2n) is 8.63. The predicted octanol–water partition coefficient (Wildman–Crippen LogP) is 4.70. The number of alkyl halides is 3. The average molecular weight is 418 g/mol. The molecule has 162 valence electrons. The van der Waals surface area contributed by atoms with Gasteiger partial charge in [-0.2, -0.15) is 0 Å². The molecule has 2 fully saturated rings. The van der Waals surface area contributed by atoms with E-state index in [0.29, 0.717) is 31.5 Å². The van der Waals surface area contributed by atoms with Gasteiger partial charge in [-0.3, -0.25) is 0 Å². The first-order chi connectivity index (χ1) is 13.4. The molecule has 3 rings (SSSR count). The SMILES string of the molecule is CC(C)(C)OC(=O)N1CCCC1CNC1(c2ccc(F)c(OC(F)(F)F)c2)CC1. The lowest BCUT2D eigenvalue weighted by Crippen LogP contribution is -2.46. The van der Waals surface area contributed by atoms with Crippen LogP contribution in [0.25, 0.3) is 0 Å². The Kier molecular flexibility index (Phi) is 5.73. The van der Waals surface area contributed by atoms with Crippen molar-refractivity contribution in [2.45, 2.75) is 70.0 Å². The molecule has 0 radical (unpaired) electrons. The van der Waals surface area contributed by atoms with Gasteiger partial charge in [-0.05, 0) is 64.2 Å². The van der Waals surface area contributed by atoms with E-state index in [2.05, 4.69) is 10.1 Å². The highest BCUT2D eigenvalue weighted by Gasteiger charge is 2.46. The fourth-order valence-electron chi connectivity index (χ4n) is 3.62. The number of halogens is 4. The number of rotatable bonds is 5. The Morgan fingerprint density at radius 1 is 1.28 bits per heavy atom. The van der Waals surface area contributed by atoms with Crippen molar-refractivity contribution in [3.05, 3.63) is 29.6 Å². The molecule has 0 aromatic heterocycles. The molecule has 2 aliphatic rings. The molecular formula is C20H26F4N2O3. The summed E-state index contributed by atoms with van der Waals surface area (Å²) >= 11 is 0. The van der Waals surface area contributed by atoms with Crippen molar-refractivity contribution >= 4 is 6.09 Å². The van der Waals surface area contributed by atoms with E-state index in [1.165, 1.54) is 6.07 Å². The Hall–Kier alpha value is -2.03. The van der Waals surface area contributed by atoms with E-state index in [1.54, 1.807) is 4.90 Å². The largest absolute Gasteiger partial charge is 0.573 e. The van der Waals surface area contributed by atoms with Crippen LogP contribution in [0, 0.1) is 5.82 Å². The van der Waals surface area contributed by atoms with Gasteiger partial charge in [0.05, 0.1) is 0 Å². The van der Waals surface area contributed by atoms with Crippen molar-refractivity contribution < 1.29 is 31.8 Å². The molecule has 0 spiro atoms. The van der Waals surface area contributed by atoms with E-state index in [9.17, 15) is 22.4 Å². The number of ether oxygens (including phenoxy) is 2. The Balaban J connectivity index is 1.66. The van der Waals surface area contributed by atoms with Gasteiger partial charge in [0.25, 0.3) is 0 Å². The fourth-order valence-corrected chi connectivity index (χ4v) is 3.62. The van der Waals surface area contributed by atoms with Crippen molar-refractivity contribution in [2.24, 2.45) is 0 Å². The minimum atomic E-state index is -4.96. The van der Waals surface area contributed by atoms with Crippen molar-refractivity contribution in [1.82, 2.24) is 10.2 Å². The molecule has 1 saturated carbocycles. The van der Waals surface area contributed by atoms with Crippen LogP contribution in [0.3, 0.4) is 0 Å². The number of nitrogens with zero attached hydrogens (tertiary/aromatic N) is 1. The second-order valence-corrected chi connectivity index (χ2v) is 8.63. The maximum Gasteiger partial charge on any atom is 0.573 e.